The van der Waals surface area contributed by atoms with Gasteiger partial charge in [-0.3, -0.25) is 0 Å². The number of fused-ring (bicyclic) bond motifs is 10. The highest BCUT2D eigenvalue weighted by atomic mass is 16.3. The number of benzene rings is 9. The first-order valence-corrected chi connectivity index (χ1v) is 21.5. The van der Waals surface area contributed by atoms with E-state index in [1.807, 2.05) is 36.4 Å². The van der Waals surface area contributed by atoms with E-state index in [2.05, 4.69) is 180 Å². The zero-order chi connectivity index (χ0) is 42.1. The fraction of sp³-hybridized carbons (Fsp3) is 0. The Morgan fingerprint density at radius 1 is 0.344 bits per heavy atom. The Balaban J connectivity index is 0.939. The van der Waals surface area contributed by atoms with Gasteiger partial charge >= 0.3 is 0 Å². The normalized spacial score (nSPS) is 11.8. The molecule has 0 aliphatic carbocycles. The summed E-state index contributed by atoms with van der Waals surface area (Å²) in [6.07, 6.45) is 0. The third-order valence-corrected chi connectivity index (χ3v) is 12.4. The van der Waals surface area contributed by atoms with Crippen LogP contribution in [0.2, 0.25) is 0 Å². The molecule has 0 saturated carbocycles. The minimum absolute atomic E-state index is 0.602. The largest absolute Gasteiger partial charge is 0.455 e. The number of pyridine rings is 1. The smallest absolute Gasteiger partial charge is 0.164 e. The second-order valence-corrected chi connectivity index (χ2v) is 16.2. The van der Waals surface area contributed by atoms with Crippen molar-refractivity contribution in [3.63, 3.8) is 0 Å². The van der Waals surface area contributed by atoms with Crippen molar-refractivity contribution in [1.29, 1.82) is 0 Å². The van der Waals surface area contributed by atoms with Crippen molar-refractivity contribution in [1.82, 2.24) is 24.5 Å². The molecule has 0 atom stereocenters. The minimum atomic E-state index is 0.602. The van der Waals surface area contributed by atoms with Crippen LogP contribution in [-0.2, 0) is 0 Å². The van der Waals surface area contributed by atoms with Gasteiger partial charge in [0.2, 0.25) is 0 Å². The predicted octanol–water partition coefficient (Wildman–Crippen LogP) is 14.9. The van der Waals surface area contributed by atoms with Crippen LogP contribution in [0.15, 0.2) is 217 Å². The Kier molecular flexibility index (Phi) is 8.11. The monoisotopic (exact) mass is 817 g/mol. The Labute approximate surface area is 367 Å². The SMILES string of the molecule is c1ccc(-c2nc(-c3ccc(-c4cccc5c4oc4ccc6c(-c7ccccc7)nc7ccccc7c6c45)cc3)nc(-c3ccc4c(c3)c3ccccc3n4-c3ccccc3)n2)cc1. The van der Waals surface area contributed by atoms with Crippen molar-refractivity contribution in [3.05, 3.63) is 212 Å². The van der Waals surface area contributed by atoms with Gasteiger partial charge in [-0.15, -0.1) is 0 Å². The van der Waals surface area contributed by atoms with Crippen molar-refractivity contribution in [3.8, 4) is 62.2 Å². The maximum absolute atomic E-state index is 6.81. The zero-order valence-corrected chi connectivity index (χ0v) is 34.4. The number of hydrogen-bond donors (Lipinski definition) is 0. The molecule has 0 unspecified atom stereocenters. The highest BCUT2D eigenvalue weighted by molar-refractivity contribution is 6.29. The molecule has 0 radical (unpaired) electrons. The number of aromatic nitrogens is 5. The van der Waals surface area contributed by atoms with Crippen LogP contribution in [0.4, 0.5) is 0 Å². The summed E-state index contributed by atoms with van der Waals surface area (Å²) in [5.41, 5.74) is 12.9. The van der Waals surface area contributed by atoms with E-state index >= 15 is 0 Å². The molecule has 0 aliphatic heterocycles. The van der Waals surface area contributed by atoms with E-state index in [9.17, 15) is 0 Å². The number of furan rings is 1. The zero-order valence-electron chi connectivity index (χ0n) is 34.4. The summed E-state index contributed by atoms with van der Waals surface area (Å²) in [7, 11) is 0. The fourth-order valence-electron chi connectivity index (χ4n) is 9.49. The quantitative estimate of drug-likeness (QED) is 0.156. The first-order valence-electron chi connectivity index (χ1n) is 21.5. The van der Waals surface area contributed by atoms with Gasteiger partial charge in [-0.25, -0.2) is 19.9 Å². The Bertz CT molecular complexity index is 3930. The molecule has 0 N–H and O–H groups in total. The lowest BCUT2D eigenvalue weighted by molar-refractivity contribution is 0.670. The van der Waals surface area contributed by atoms with E-state index in [4.69, 9.17) is 24.4 Å². The number of hydrogen-bond acceptors (Lipinski definition) is 5. The summed E-state index contributed by atoms with van der Waals surface area (Å²) >= 11 is 0. The molecule has 0 amide bonds. The van der Waals surface area contributed by atoms with Gasteiger partial charge in [-0.05, 0) is 60.2 Å². The first-order chi connectivity index (χ1) is 31.7. The van der Waals surface area contributed by atoms with Gasteiger partial charge < -0.3 is 8.98 Å². The van der Waals surface area contributed by atoms with Crippen LogP contribution >= 0.6 is 0 Å². The maximum atomic E-state index is 6.81. The average molecular weight is 818 g/mol. The van der Waals surface area contributed by atoms with Gasteiger partial charge in [0.1, 0.15) is 11.2 Å². The Hall–Kier alpha value is -8.74. The third-order valence-electron chi connectivity index (χ3n) is 12.4. The van der Waals surface area contributed by atoms with Gasteiger partial charge in [0.05, 0.1) is 22.2 Å². The van der Waals surface area contributed by atoms with Crippen molar-refractivity contribution in [2.24, 2.45) is 0 Å². The molecule has 298 valence electrons. The van der Waals surface area contributed by atoms with Crippen molar-refractivity contribution in [2.75, 3.05) is 0 Å². The van der Waals surface area contributed by atoms with E-state index in [-0.39, 0.29) is 0 Å². The van der Waals surface area contributed by atoms with Crippen LogP contribution in [-0.4, -0.2) is 24.5 Å². The van der Waals surface area contributed by atoms with Crippen LogP contribution in [0.5, 0.6) is 0 Å². The summed E-state index contributed by atoms with van der Waals surface area (Å²) in [6, 6.07) is 73.7. The molecule has 4 aromatic heterocycles. The maximum Gasteiger partial charge on any atom is 0.164 e. The molecule has 0 aliphatic rings. The molecule has 6 heteroatoms. The van der Waals surface area contributed by atoms with Crippen LogP contribution in [0, 0.1) is 0 Å². The van der Waals surface area contributed by atoms with E-state index < -0.39 is 0 Å². The van der Waals surface area contributed by atoms with Crippen molar-refractivity contribution in [2.45, 2.75) is 0 Å². The van der Waals surface area contributed by atoms with Gasteiger partial charge in [0, 0.05) is 71.2 Å². The summed E-state index contributed by atoms with van der Waals surface area (Å²) in [5.74, 6) is 1.84. The molecule has 0 spiro atoms. The van der Waals surface area contributed by atoms with Crippen molar-refractivity contribution < 1.29 is 4.42 Å². The Morgan fingerprint density at radius 3 is 1.69 bits per heavy atom. The van der Waals surface area contributed by atoms with Crippen LogP contribution < -0.4 is 0 Å². The van der Waals surface area contributed by atoms with Gasteiger partial charge in [0.25, 0.3) is 0 Å². The summed E-state index contributed by atoms with van der Waals surface area (Å²) in [6.45, 7) is 0. The second-order valence-electron chi connectivity index (χ2n) is 16.2. The van der Waals surface area contributed by atoms with Gasteiger partial charge in [0.15, 0.2) is 17.5 Å². The van der Waals surface area contributed by atoms with E-state index in [0.29, 0.717) is 17.5 Å². The van der Waals surface area contributed by atoms with E-state index in [1.165, 1.54) is 5.39 Å². The predicted molar refractivity (Wildman–Crippen MR) is 261 cm³/mol. The standard InChI is InChI=1S/C58H35N5O/c1-4-15-37(16-5-1)54-45-32-34-51-53(52(45)44-22-10-12-25-48(44)59-54)46-24-14-23-42(55(46)64-51)36-27-29-39(30-28-36)57-60-56(38-17-6-2-7-18-38)61-58(62-57)40-31-33-50-47(35-40)43-21-11-13-26-49(43)63(50)41-19-8-3-9-20-41/h1-35H. The molecule has 64 heavy (non-hydrogen) atoms. The van der Waals surface area contributed by atoms with Crippen molar-refractivity contribution >= 4 is 65.4 Å². The molecular formula is C58H35N5O. The highest BCUT2D eigenvalue weighted by Gasteiger charge is 2.20. The molecule has 4 heterocycles. The molecule has 6 nitrogen and oxygen atoms in total. The lowest BCUT2D eigenvalue weighted by Gasteiger charge is -2.11. The van der Waals surface area contributed by atoms with Gasteiger partial charge in [-0.2, -0.15) is 0 Å². The molecular weight excluding hydrogens is 783 g/mol. The van der Waals surface area contributed by atoms with E-state index in [0.717, 1.165) is 105 Å². The lowest BCUT2D eigenvalue weighted by atomic mass is 9.95. The molecule has 13 rings (SSSR count). The minimum Gasteiger partial charge on any atom is -0.455 e. The van der Waals surface area contributed by atoms with E-state index in [1.54, 1.807) is 0 Å². The third kappa shape index (κ3) is 5.73. The average Bonchev–Trinajstić information content (AvgIpc) is 3.93. The fourth-order valence-corrected chi connectivity index (χ4v) is 9.49. The number of para-hydroxylation sites is 4. The summed E-state index contributed by atoms with van der Waals surface area (Å²) in [4.78, 5) is 20.5. The molecule has 13 aromatic rings. The summed E-state index contributed by atoms with van der Waals surface area (Å²) in [5, 5.41) is 7.82. The van der Waals surface area contributed by atoms with Crippen LogP contribution in [0.25, 0.3) is 128 Å². The topological polar surface area (TPSA) is 69.6 Å². The van der Waals surface area contributed by atoms with Gasteiger partial charge in [-0.1, -0.05) is 158 Å². The lowest BCUT2D eigenvalue weighted by Crippen LogP contribution is -2.00. The molecule has 9 aromatic carbocycles. The Morgan fingerprint density at radius 2 is 0.922 bits per heavy atom. The molecule has 0 bridgehead atoms. The summed E-state index contributed by atoms with van der Waals surface area (Å²) < 4.78 is 9.13. The van der Waals surface area contributed by atoms with Crippen LogP contribution in [0.3, 0.4) is 0 Å². The number of nitrogens with zero attached hydrogens (tertiary/aromatic N) is 5. The number of rotatable bonds is 6. The first kappa shape index (κ1) is 36.0. The highest BCUT2D eigenvalue weighted by Crippen LogP contribution is 2.44. The second kappa shape index (κ2) is 14.4. The van der Waals surface area contributed by atoms with Crippen LogP contribution in [0.1, 0.15) is 0 Å². The molecule has 0 fully saturated rings. The molecule has 0 saturated heterocycles.